The molecule has 0 aliphatic heterocycles. The van der Waals surface area contributed by atoms with Crippen LogP contribution in [0.2, 0.25) is 0 Å². The monoisotopic (exact) mass is 326 g/mol. The quantitative estimate of drug-likeness (QED) is 0.714. The summed E-state index contributed by atoms with van der Waals surface area (Å²) in [6.45, 7) is 0.695. The van der Waals surface area contributed by atoms with Gasteiger partial charge in [0.25, 0.3) is 0 Å². The summed E-state index contributed by atoms with van der Waals surface area (Å²) in [5.41, 5.74) is 2.73. The first kappa shape index (κ1) is 15.2. The second-order valence-electron chi connectivity index (χ2n) is 4.99. The maximum Gasteiger partial charge on any atom is 0.175 e. The van der Waals surface area contributed by atoms with E-state index in [2.05, 4.69) is 15.7 Å². The van der Waals surface area contributed by atoms with Crippen molar-refractivity contribution in [1.29, 1.82) is 0 Å². The van der Waals surface area contributed by atoms with E-state index in [0.29, 0.717) is 11.7 Å². The van der Waals surface area contributed by atoms with E-state index in [1.54, 1.807) is 18.3 Å². The van der Waals surface area contributed by atoms with Crippen LogP contribution in [0.1, 0.15) is 5.56 Å². The van der Waals surface area contributed by atoms with Gasteiger partial charge >= 0.3 is 0 Å². The minimum absolute atomic E-state index is 0.277. The fraction of sp³-hybridized carbons (Fsp3) is 0.0588. The summed E-state index contributed by atoms with van der Waals surface area (Å²) in [6.07, 6.45) is 3.67. The first-order valence-electron chi connectivity index (χ1n) is 7.09. The Balaban J connectivity index is 1.63. The van der Waals surface area contributed by atoms with Crippen LogP contribution in [0.3, 0.4) is 0 Å². The Morgan fingerprint density at radius 3 is 2.57 bits per heavy atom. The summed E-state index contributed by atoms with van der Waals surface area (Å²) in [4.78, 5) is 0. The third-order valence-electron chi connectivity index (χ3n) is 3.19. The topological polar surface area (TPSA) is 41.9 Å². The van der Waals surface area contributed by atoms with Gasteiger partial charge in [0, 0.05) is 23.8 Å². The number of halogens is 1. The Bertz CT molecular complexity index is 785. The van der Waals surface area contributed by atoms with Crippen molar-refractivity contribution in [2.45, 2.75) is 6.54 Å². The Kier molecular flexibility index (Phi) is 4.63. The molecule has 0 fully saturated rings. The fourth-order valence-electron chi connectivity index (χ4n) is 2.16. The molecule has 3 rings (SSSR count). The average Bonchev–Trinajstić information content (AvgIpc) is 3.03. The van der Waals surface area contributed by atoms with Gasteiger partial charge in [-0.05, 0) is 60.2 Å². The zero-order valence-corrected chi connectivity index (χ0v) is 13.1. The van der Waals surface area contributed by atoms with E-state index < -0.39 is 0 Å². The van der Waals surface area contributed by atoms with Crippen LogP contribution in [0.4, 0.5) is 15.8 Å². The van der Waals surface area contributed by atoms with Gasteiger partial charge in [-0.25, -0.2) is 4.39 Å². The van der Waals surface area contributed by atoms with Crippen molar-refractivity contribution in [3.8, 4) is 0 Å². The normalized spacial score (nSPS) is 10.3. The Morgan fingerprint density at radius 1 is 1.04 bits per heavy atom. The van der Waals surface area contributed by atoms with Crippen LogP contribution in [0.25, 0.3) is 0 Å². The van der Waals surface area contributed by atoms with Gasteiger partial charge in [0.1, 0.15) is 5.82 Å². The highest BCUT2D eigenvalue weighted by atomic mass is 32.1. The fourth-order valence-corrected chi connectivity index (χ4v) is 2.39. The molecule has 23 heavy (non-hydrogen) atoms. The molecule has 2 aromatic carbocycles. The van der Waals surface area contributed by atoms with Gasteiger partial charge in [0.05, 0.1) is 6.54 Å². The summed E-state index contributed by atoms with van der Waals surface area (Å²) >= 11 is 5.28. The lowest BCUT2D eigenvalue weighted by Gasteiger charge is -2.11. The summed E-state index contributed by atoms with van der Waals surface area (Å²) in [5, 5.41) is 10.8. The first-order chi connectivity index (χ1) is 11.2. The van der Waals surface area contributed by atoms with Crippen molar-refractivity contribution in [1.82, 2.24) is 9.78 Å². The second kappa shape index (κ2) is 7.02. The molecular weight excluding hydrogens is 311 g/mol. The molecule has 0 aliphatic rings. The minimum atomic E-state index is -0.277. The summed E-state index contributed by atoms with van der Waals surface area (Å²) in [7, 11) is 0. The van der Waals surface area contributed by atoms with Gasteiger partial charge in [0.15, 0.2) is 5.11 Å². The number of rotatable bonds is 4. The van der Waals surface area contributed by atoms with Gasteiger partial charge in [-0.1, -0.05) is 12.1 Å². The van der Waals surface area contributed by atoms with E-state index in [1.165, 1.54) is 12.1 Å². The van der Waals surface area contributed by atoms with Crippen LogP contribution in [0, 0.1) is 5.82 Å². The van der Waals surface area contributed by atoms with Crippen molar-refractivity contribution in [3.05, 3.63) is 78.4 Å². The largest absolute Gasteiger partial charge is 0.332 e. The number of anilines is 2. The van der Waals surface area contributed by atoms with Gasteiger partial charge in [0.2, 0.25) is 0 Å². The van der Waals surface area contributed by atoms with Crippen LogP contribution in [0.15, 0.2) is 67.0 Å². The van der Waals surface area contributed by atoms with Crippen LogP contribution in [-0.2, 0) is 6.54 Å². The predicted octanol–water partition coefficient (Wildman–Crippen LogP) is 3.88. The lowest BCUT2D eigenvalue weighted by Crippen LogP contribution is -2.19. The summed E-state index contributed by atoms with van der Waals surface area (Å²) in [6, 6.07) is 15.9. The van der Waals surface area contributed by atoms with Crippen molar-refractivity contribution in [2.24, 2.45) is 0 Å². The lowest BCUT2D eigenvalue weighted by atomic mass is 10.2. The van der Waals surface area contributed by atoms with Gasteiger partial charge in [-0.2, -0.15) is 5.10 Å². The summed E-state index contributed by atoms with van der Waals surface area (Å²) < 4.78 is 14.7. The summed E-state index contributed by atoms with van der Waals surface area (Å²) in [5.74, 6) is -0.277. The number of thiocarbonyl (C=S) groups is 1. The Hall–Kier alpha value is -2.73. The molecule has 0 saturated carbocycles. The molecule has 0 atom stereocenters. The highest BCUT2D eigenvalue weighted by Crippen LogP contribution is 2.13. The molecule has 0 bridgehead atoms. The Labute approximate surface area is 139 Å². The molecule has 0 radical (unpaired) electrons. The number of aromatic nitrogens is 2. The van der Waals surface area contributed by atoms with Crippen molar-refractivity contribution in [3.63, 3.8) is 0 Å². The lowest BCUT2D eigenvalue weighted by molar-refractivity contribution is 0.628. The van der Waals surface area contributed by atoms with Gasteiger partial charge in [-0.15, -0.1) is 0 Å². The predicted molar refractivity (Wildman–Crippen MR) is 94.0 cm³/mol. The van der Waals surface area contributed by atoms with E-state index in [9.17, 15) is 4.39 Å². The zero-order valence-electron chi connectivity index (χ0n) is 12.2. The smallest absolute Gasteiger partial charge is 0.175 e. The van der Waals surface area contributed by atoms with Crippen LogP contribution in [0.5, 0.6) is 0 Å². The molecule has 3 aromatic rings. The average molecular weight is 326 g/mol. The van der Waals surface area contributed by atoms with Crippen LogP contribution < -0.4 is 10.6 Å². The number of benzene rings is 2. The molecule has 0 spiro atoms. The third kappa shape index (κ3) is 4.37. The number of hydrogen-bond acceptors (Lipinski definition) is 2. The number of hydrogen-bond donors (Lipinski definition) is 2. The molecule has 0 unspecified atom stereocenters. The molecule has 1 aromatic heterocycles. The van der Waals surface area contributed by atoms with E-state index in [-0.39, 0.29) is 5.82 Å². The SMILES string of the molecule is Fc1ccc(NC(=S)Nc2cccc(Cn3cccn3)c2)cc1. The standard InChI is InChI=1S/C17H15FN4S/c18-14-5-7-15(8-6-14)20-17(23)21-16-4-1-3-13(11-16)12-22-10-2-9-19-22/h1-11H,12H2,(H2,20,21,23). The molecule has 2 N–H and O–H groups in total. The van der Waals surface area contributed by atoms with Gasteiger partial charge < -0.3 is 10.6 Å². The highest BCUT2D eigenvalue weighted by Gasteiger charge is 2.01. The second-order valence-corrected chi connectivity index (χ2v) is 5.40. The van der Waals surface area contributed by atoms with Crippen LogP contribution in [-0.4, -0.2) is 14.9 Å². The van der Waals surface area contributed by atoms with E-state index in [4.69, 9.17) is 12.2 Å². The van der Waals surface area contributed by atoms with E-state index >= 15 is 0 Å². The van der Waals surface area contributed by atoms with E-state index in [1.807, 2.05) is 41.2 Å². The molecular formula is C17H15FN4S. The van der Waals surface area contributed by atoms with Crippen LogP contribution >= 0.6 is 12.2 Å². The third-order valence-corrected chi connectivity index (χ3v) is 3.39. The molecule has 116 valence electrons. The Morgan fingerprint density at radius 2 is 1.83 bits per heavy atom. The number of nitrogens with one attached hydrogen (secondary N) is 2. The maximum absolute atomic E-state index is 12.9. The first-order valence-corrected chi connectivity index (χ1v) is 7.50. The zero-order chi connectivity index (χ0) is 16.1. The molecule has 1 heterocycles. The molecule has 6 heteroatoms. The maximum atomic E-state index is 12.9. The molecule has 4 nitrogen and oxygen atoms in total. The minimum Gasteiger partial charge on any atom is -0.332 e. The molecule has 0 amide bonds. The van der Waals surface area contributed by atoms with Gasteiger partial charge in [-0.3, -0.25) is 4.68 Å². The molecule has 0 saturated heterocycles. The molecule has 0 aliphatic carbocycles. The van der Waals surface area contributed by atoms with Crippen molar-refractivity contribution >= 4 is 28.7 Å². The highest BCUT2D eigenvalue weighted by molar-refractivity contribution is 7.80. The number of nitrogens with zero attached hydrogens (tertiary/aromatic N) is 2. The van der Waals surface area contributed by atoms with Crippen molar-refractivity contribution < 1.29 is 4.39 Å². The van der Waals surface area contributed by atoms with E-state index in [0.717, 1.165) is 16.9 Å². The van der Waals surface area contributed by atoms with Crippen molar-refractivity contribution in [2.75, 3.05) is 10.6 Å².